The van der Waals surface area contributed by atoms with Gasteiger partial charge in [0.05, 0.1) is 18.6 Å². The van der Waals surface area contributed by atoms with Gasteiger partial charge in [-0.25, -0.2) is 0 Å². The van der Waals surface area contributed by atoms with E-state index in [4.69, 9.17) is 14.7 Å². The third kappa shape index (κ3) is 10.7. The van der Waals surface area contributed by atoms with Gasteiger partial charge in [-0.2, -0.15) is 5.26 Å². The second kappa shape index (κ2) is 9.64. The SMILES string of the molecule is CC(=O)OCCCCCC(C#N)COC(C)=O. The van der Waals surface area contributed by atoms with Crippen molar-refractivity contribution in [3.05, 3.63) is 0 Å². The molecule has 0 bridgehead atoms. The quantitative estimate of drug-likeness (QED) is 0.478. The van der Waals surface area contributed by atoms with E-state index >= 15 is 0 Å². The van der Waals surface area contributed by atoms with E-state index in [1.54, 1.807) is 0 Å². The molecule has 0 aliphatic carbocycles. The second-order valence-electron chi connectivity index (χ2n) is 3.82. The Labute approximate surface area is 102 Å². The molecular formula is C12H19NO4. The lowest BCUT2D eigenvalue weighted by atomic mass is 10.0. The smallest absolute Gasteiger partial charge is 0.302 e. The summed E-state index contributed by atoms with van der Waals surface area (Å²) < 4.78 is 9.55. The first-order valence-electron chi connectivity index (χ1n) is 5.72. The Balaban J connectivity index is 3.47. The number of hydrogen-bond donors (Lipinski definition) is 0. The summed E-state index contributed by atoms with van der Waals surface area (Å²) in [6.45, 7) is 3.30. The minimum Gasteiger partial charge on any atom is -0.466 e. The van der Waals surface area contributed by atoms with Crippen LogP contribution >= 0.6 is 0 Å². The summed E-state index contributed by atoms with van der Waals surface area (Å²) >= 11 is 0. The van der Waals surface area contributed by atoms with E-state index in [1.165, 1.54) is 13.8 Å². The lowest BCUT2D eigenvalue weighted by Crippen LogP contribution is -2.10. The van der Waals surface area contributed by atoms with Crippen molar-refractivity contribution >= 4 is 11.9 Å². The summed E-state index contributed by atoms with van der Waals surface area (Å²) in [6.07, 6.45) is 3.25. The summed E-state index contributed by atoms with van der Waals surface area (Å²) in [5, 5.41) is 8.80. The number of rotatable bonds is 8. The van der Waals surface area contributed by atoms with Crippen LogP contribution in [0.15, 0.2) is 0 Å². The summed E-state index contributed by atoms with van der Waals surface area (Å²) in [4.78, 5) is 21.0. The van der Waals surface area contributed by atoms with E-state index in [2.05, 4.69) is 6.07 Å². The van der Waals surface area contributed by atoms with E-state index in [-0.39, 0.29) is 24.5 Å². The summed E-state index contributed by atoms with van der Waals surface area (Å²) in [7, 11) is 0. The highest BCUT2D eigenvalue weighted by atomic mass is 16.5. The fourth-order valence-corrected chi connectivity index (χ4v) is 1.29. The van der Waals surface area contributed by atoms with Crippen molar-refractivity contribution in [1.29, 1.82) is 5.26 Å². The average molecular weight is 241 g/mol. The Kier molecular flexibility index (Phi) is 8.75. The van der Waals surface area contributed by atoms with Gasteiger partial charge in [0.2, 0.25) is 0 Å². The molecule has 0 aromatic rings. The number of unbranched alkanes of at least 4 members (excludes halogenated alkanes) is 2. The van der Waals surface area contributed by atoms with Crippen molar-refractivity contribution in [2.24, 2.45) is 5.92 Å². The number of carbonyl (C=O) groups is 2. The Hall–Kier alpha value is -1.57. The van der Waals surface area contributed by atoms with Gasteiger partial charge in [-0.15, -0.1) is 0 Å². The normalized spacial score (nSPS) is 11.4. The highest BCUT2D eigenvalue weighted by molar-refractivity contribution is 5.66. The molecule has 0 aromatic heterocycles. The third-order valence-electron chi connectivity index (χ3n) is 2.17. The Morgan fingerprint density at radius 1 is 1.12 bits per heavy atom. The van der Waals surface area contributed by atoms with Gasteiger partial charge in [-0.3, -0.25) is 9.59 Å². The monoisotopic (exact) mass is 241 g/mol. The lowest BCUT2D eigenvalue weighted by molar-refractivity contribution is -0.142. The van der Waals surface area contributed by atoms with Crippen LogP contribution in [-0.2, 0) is 19.1 Å². The summed E-state index contributed by atoms with van der Waals surface area (Å²) in [6, 6.07) is 2.10. The van der Waals surface area contributed by atoms with E-state index in [0.29, 0.717) is 13.0 Å². The number of esters is 2. The molecule has 0 N–H and O–H groups in total. The molecule has 96 valence electrons. The van der Waals surface area contributed by atoms with Crippen molar-refractivity contribution in [2.45, 2.75) is 39.5 Å². The van der Waals surface area contributed by atoms with E-state index < -0.39 is 0 Å². The molecule has 0 spiro atoms. The molecular weight excluding hydrogens is 222 g/mol. The third-order valence-corrected chi connectivity index (χ3v) is 2.17. The molecule has 1 unspecified atom stereocenters. The molecule has 5 heteroatoms. The maximum atomic E-state index is 10.6. The van der Waals surface area contributed by atoms with Gasteiger partial charge >= 0.3 is 11.9 Å². The highest BCUT2D eigenvalue weighted by Crippen LogP contribution is 2.10. The molecule has 0 saturated heterocycles. The molecule has 0 aromatic carbocycles. The van der Waals surface area contributed by atoms with E-state index in [0.717, 1.165) is 19.3 Å². The van der Waals surface area contributed by atoms with Crippen LogP contribution in [0.3, 0.4) is 0 Å². The average Bonchev–Trinajstić information content (AvgIpc) is 2.26. The Morgan fingerprint density at radius 2 is 1.76 bits per heavy atom. The van der Waals surface area contributed by atoms with Crippen LogP contribution in [0.25, 0.3) is 0 Å². The van der Waals surface area contributed by atoms with Crippen molar-refractivity contribution in [2.75, 3.05) is 13.2 Å². The van der Waals surface area contributed by atoms with E-state index in [1.807, 2.05) is 0 Å². The molecule has 5 nitrogen and oxygen atoms in total. The van der Waals surface area contributed by atoms with Crippen LogP contribution in [-0.4, -0.2) is 25.2 Å². The van der Waals surface area contributed by atoms with E-state index in [9.17, 15) is 9.59 Å². The number of carbonyl (C=O) groups excluding carboxylic acids is 2. The molecule has 0 amide bonds. The second-order valence-corrected chi connectivity index (χ2v) is 3.82. The zero-order valence-electron chi connectivity index (χ0n) is 10.4. The first-order valence-corrected chi connectivity index (χ1v) is 5.72. The van der Waals surface area contributed by atoms with Crippen LogP contribution in [0.5, 0.6) is 0 Å². The summed E-state index contributed by atoms with van der Waals surface area (Å²) in [5.41, 5.74) is 0. The van der Waals surface area contributed by atoms with Crippen molar-refractivity contribution in [1.82, 2.24) is 0 Å². The predicted octanol–water partition coefficient (Wildman–Crippen LogP) is 1.81. The topological polar surface area (TPSA) is 76.4 Å². The van der Waals surface area contributed by atoms with Gasteiger partial charge in [0.15, 0.2) is 0 Å². The van der Waals surface area contributed by atoms with Crippen molar-refractivity contribution < 1.29 is 19.1 Å². The van der Waals surface area contributed by atoms with Crippen LogP contribution in [0.2, 0.25) is 0 Å². The highest BCUT2D eigenvalue weighted by Gasteiger charge is 2.08. The number of hydrogen-bond acceptors (Lipinski definition) is 5. The number of ether oxygens (including phenoxy) is 2. The maximum absolute atomic E-state index is 10.6. The number of nitrogens with zero attached hydrogens (tertiary/aromatic N) is 1. The standard InChI is InChI=1S/C12H19NO4/c1-10(14)16-7-5-3-4-6-12(8-13)9-17-11(2)15/h12H,3-7,9H2,1-2H3. The van der Waals surface area contributed by atoms with Crippen LogP contribution < -0.4 is 0 Å². The first-order chi connectivity index (χ1) is 8.06. The van der Waals surface area contributed by atoms with Gasteiger partial charge < -0.3 is 9.47 Å². The van der Waals surface area contributed by atoms with Crippen LogP contribution in [0, 0.1) is 17.2 Å². The molecule has 1 atom stereocenters. The predicted molar refractivity (Wildman–Crippen MR) is 60.8 cm³/mol. The van der Waals surface area contributed by atoms with Crippen LogP contribution in [0.1, 0.15) is 39.5 Å². The van der Waals surface area contributed by atoms with Gasteiger partial charge in [0.25, 0.3) is 0 Å². The van der Waals surface area contributed by atoms with Gasteiger partial charge in [0, 0.05) is 13.8 Å². The molecule has 0 saturated carbocycles. The lowest BCUT2D eigenvalue weighted by Gasteiger charge is -2.08. The van der Waals surface area contributed by atoms with Crippen molar-refractivity contribution in [3.8, 4) is 6.07 Å². The van der Waals surface area contributed by atoms with Crippen LogP contribution in [0.4, 0.5) is 0 Å². The van der Waals surface area contributed by atoms with Crippen molar-refractivity contribution in [3.63, 3.8) is 0 Å². The molecule has 17 heavy (non-hydrogen) atoms. The first kappa shape index (κ1) is 15.4. The molecule has 0 radical (unpaired) electrons. The largest absolute Gasteiger partial charge is 0.466 e. The molecule has 0 fully saturated rings. The molecule has 0 rings (SSSR count). The molecule has 0 aliphatic heterocycles. The van der Waals surface area contributed by atoms with Gasteiger partial charge in [0.1, 0.15) is 6.61 Å². The Morgan fingerprint density at radius 3 is 2.29 bits per heavy atom. The fourth-order valence-electron chi connectivity index (χ4n) is 1.29. The molecule has 0 heterocycles. The summed E-state index contributed by atoms with van der Waals surface area (Å²) in [5.74, 6) is -0.873. The number of nitriles is 1. The Bertz CT molecular complexity index is 283. The fraction of sp³-hybridized carbons (Fsp3) is 0.750. The van der Waals surface area contributed by atoms with Gasteiger partial charge in [-0.05, 0) is 12.8 Å². The minimum absolute atomic E-state index is 0.162. The maximum Gasteiger partial charge on any atom is 0.302 e. The minimum atomic E-state index is -0.361. The zero-order valence-corrected chi connectivity index (χ0v) is 10.4. The molecule has 0 aliphatic rings. The van der Waals surface area contributed by atoms with Gasteiger partial charge in [-0.1, -0.05) is 12.8 Å². The zero-order chi connectivity index (χ0) is 13.1.